The number of anilines is 2. The smallest absolute Gasteiger partial charge is 0.149 e. The van der Waals surface area contributed by atoms with E-state index in [0.29, 0.717) is 18.3 Å². The topological polar surface area (TPSA) is 73.1 Å². The SMILES string of the molecule is CCOCCNc1cc(C2CC2)c(N)nn1. The number of nitrogens with one attached hydrogen (secondary N) is 1. The van der Waals surface area contributed by atoms with Gasteiger partial charge in [0.25, 0.3) is 0 Å². The molecule has 0 unspecified atom stereocenters. The number of ether oxygens (including phenoxy) is 1. The van der Waals surface area contributed by atoms with Crippen molar-refractivity contribution in [2.75, 3.05) is 30.8 Å². The van der Waals surface area contributed by atoms with Gasteiger partial charge in [-0.3, -0.25) is 0 Å². The van der Waals surface area contributed by atoms with Crippen LogP contribution < -0.4 is 11.1 Å². The minimum Gasteiger partial charge on any atom is -0.382 e. The van der Waals surface area contributed by atoms with E-state index in [2.05, 4.69) is 15.5 Å². The number of nitrogens with two attached hydrogens (primary N) is 1. The lowest BCUT2D eigenvalue weighted by molar-refractivity contribution is 0.158. The van der Waals surface area contributed by atoms with Gasteiger partial charge in [0, 0.05) is 18.7 Å². The Labute approximate surface area is 95.4 Å². The molecular formula is C11H18N4O. The van der Waals surface area contributed by atoms with E-state index < -0.39 is 0 Å². The second-order valence-electron chi connectivity index (χ2n) is 3.97. The molecule has 1 saturated carbocycles. The normalized spacial score (nSPS) is 15.1. The molecule has 0 atom stereocenters. The molecule has 2 rings (SSSR count). The Bertz CT molecular complexity index is 352. The van der Waals surface area contributed by atoms with E-state index >= 15 is 0 Å². The number of nitrogens with zero attached hydrogens (tertiary/aromatic N) is 2. The van der Waals surface area contributed by atoms with Crippen molar-refractivity contribution in [3.63, 3.8) is 0 Å². The van der Waals surface area contributed by atoms with Crippen molar-refractivity contribution in [3.8, 4) is 0 Å². The fraction of sp³-hybridized carbons (Fsp3) is 0.636. The van der Waals surface area contributed by atoms with Crippen LogP contribution in [0.5, 0.6) is 0 Å². The lowest BCUT2D eigenvalue weighted by Gasteiger charge is -2.07. The van der Waals surface area contributed by atoms with Crippen LogP contribution in [0.2, 0.25) is 0 Å². The zero-order chi connectivity index (χ0) is 11.4. The minimum atomic E-state index is 0.567. The molecule has 1 aliphatic rings. The van der Waals surface area contributed by atoms with Crippen LogP contribution in [0, 0.1) is 0 Å². The van der Waals surface area contributed by atoms with Crippen molar-refractivity contribution in [3.05, 3.63) is 11.6 Å². The van der Waals surface area contributed by atoms with Gasteiger partial charge in [-0.2, -0.15) is 0 Å². The average Bonchev–Trinajstić information content (AvgIpc) is 3.10. The summed E-state index contributed by atoms with van der Waals surface area (Å²) in [6, 6.07) is 2.01. The molecule has 1 aromatic rings. The van der Waals surface area contributed by atoms with Crippen LogP contribution in [-0.2, 0) is 4.74 Å². The Morgan fingerprint density at radius 2 is 2.31 bits per heavy atom. The highest BCUT2D eigenvalue weighted by Gasteiger charge is 2.26. The van der Waals surface area contributed by atoms with E-state index in [4.69, 9.17) is 10.5 Å². The van der Waals surface area contributed by atoms with E-state index in [1.165, 1.54) is 12.8 Å². The molecule has 0 aromatic carbocycles. The van der Waals surface area contributed by atoms with Gasteiger partial charge in [-0.15, -0.1) is 10.2 Å². The van der Waals surface area contributed by atoms with Crippen molar-refractivity contribution in [1.29, 1.82) is 0 Å². The minimum absolute atomic E-state index is 0.567. The highest BCUT2D eigenvalue weighted by atomic mass is 16.5. The van der Waals surface area contributed by atoms with E-state index in [1.807, 2.05) is 13.0 Å². The highest BCUT2D eigenvalue weighted by molar-refractivity contribution is 5.49. The van der Waals surface area contributed by atoms with Gasteiger partial charge in [0.1, 0.15) is 11.6 Å². The zero-order valence-electron chi connectivity index (χ0n) is 9.57. The summed E-state index contributed by atoms with van der Waals surface area (Å²) < 4.78 is 5.23. The van der Waals surface area contributed by atoms with Crippen molar-refractivity contribution in [1.82, 2.24) is 10.2 Å². The molecule has 0 spiro atoms. The first kappa shape index (κ1) is 11.1. The van der Waals surface area contributed by atoms with Crippen LogP contribution in [0.15, 0.2) is 6.07 Å². The molecule has 5 nitrogen and oxygen atoms in total. The van der Waals surface area contributed by atoms with Crippen LogP contribution in [0.3, 0.4) is 0 Å². The predicted molar refractivity (Wildman–Crippen MR) is 63.4 cm³/mol. The van der Waals surface area contributed by atoms with Gasteiger partial charge in [0.05, 0.1) is 6.61 Å². The van der Waals surface area contributed by atoms with Gasteiger partial charge in [-0.25, -0.2) is 0 Å². The van der Waals surface area contributed by atoms with Gasteiger partial charge < -0.3 is 15.8 Å². The van der Waals surface area contributed by atoms with Crippen LogP contribution in [0.4, 0.5) is 11.6 Å². The van der Waals surface area contributed by atoms with Gasteiger partial charge in [-0.05, 0) is 31.7 Å². The molecule has 0 aliphatic heterocycles. The molecule has 1 fully saturated rings. The lowest BCUT2D eigenvalue weighted by Crippen LogP contribution is -2.11. The quantitative estimate of drug-likeness (QED) is 0.711. The maximum Gasteiger partial charge on any atom is 0.149 e. The Morgan fingerprint density at radius 1 is 1.50 bits per heavy atom. The summed E-state index contributed by atoms with van der Waals surface area (Å²) in [7, 11) is 0. The maximum absolute atomic E-state index is 5.78. The molecule has 0 saturated heterocycles. The molecule has 1 aromatic heterocycles. The maximum atomic E-state index is 5.78. The zero-order valence-corrected chi connectivity index (χ0v) is 9.57. The van der Waals surface area contributed by atoms with Gasteiger partial charge in [0.2, 0.25) is 0 Å². The highest BCUT2D eigenvalue weighted by Crippen LogP contribution is 2.42. The molecule has 3 N–H and O–H groups in total. The summed E-state index contributed by atoms with van der Waals surface area (Å²) in [6.07, 6.45) is 2.43. The van der Waals surface area contributed by atoms with E-state index in [9.17, 15) is 0 Å². The van der Waals surface area contributed by atoms with Crippen LogP contribution in [-0.4, -0.2) is 30.0 Å². The first-order valence-corrected chi connectivity index (χ1v) is 5.76. The van der Waals surface area contributed by atoms with E-state index in [-0.39, 0.29) is 0 Å². The summed E-state index contributed by atoms with van der Waals surface area (Å²) in [5.41, 5.74) is 6.91. The lowest BCUT2D eigenvalue weighted by atomic mass is 10.2. The fourth-order valence-electron chi connectivity index (χ4n) is 1.62. The van der Waals surface area contributed by atoms with Gasteiger partial charge >= 0.3 is 0 Å². The van der Waals surface area contributed by atoms with Crippen molar-refractivity contribution in [2.45, 2.75) is 25.7 Å². The standard InChI is InChI=1S/C11H18N4O/c1-2-16-6-5-13-10-7-9(8-3-4-8)11(12)15-14-10/h7-8H,2-6H2,1H3,(H2,12,15)(H,13,14). The first-order chi connectivity index (χ1) is 7.81. The fourth-order valence-corrected chi connectivity index (χ4v) is 1.62. The number of aromatic nitrogens is 2. The molecular weight excluding hydrogens is 204 g/mol. The Kier molecular flexibility index (Phi) is 3.56. The summed E-state index contributed by atoms with van der Waals surface area (Å²) >= 11 is 0. The third-order valence-corrected chi connectivity index (χ3v) is 2.63. The Balaban J connectivity index is 1.91. The number of hydrogen-bond acceptors (Lipinski definition) is 5. The molecule has 0 bridgehead atoms. The summed E-state index contributed by atoms with van der Waals surface area (Å²) in [6.45, 7) is 4.15. The Morgan fingerprint density at radius 3 is 3.00 bits per heavy atom. The van der Waals surface area contributed by atoms with Crippen LogP contribution in [0.25, 0.3) is 0 Å². The Hall–Kier alpha value is -1.36. The molecule has 1 heterocycles. The van der Waals surface area contributed by atoms with E-state index in [0.717, 1.165) is 24.5 Å². The predicted octanol–water partition coefficient (Wildman–Crippen LogP) is 1.38. The third-order valence-electron chi connectivity index (χ3n) is 2.63. The summed E-state index contributed by atoms with van der Waals surface area (Å²) in [5, 5.41) is 11.1. The number of nitrogen functional groups attached to an aromatic ring is 1. The molecule has 1 aliphatic carbocycles. The van der Waals surface area contributed by atoms with Gasteiger partial charge in [0.15, 0.2) is 0 Å². The van der Waals surface area contributed by atoms with Crippen LogP contribution in [0.1, 0.15) is 31.2 Å². The van der Waals surface area contributed by atoms with Gasteiger partial charge in [-0.1, -0.05) is 0 Å². The summed E-state index contributed by atoms with van der Waals surface area (Å²) in [4.78, 5) is 0. The largest absolute Gasteiger partial charge is 0.382 e. The first-order valence-electron chi connectivity index (χ1n) is 5.76. The molecule has 5 heteroatoms. The molecule has 16 heavy (non-hydrogen) atoms. The second kappa shape index (κ2) is 5.12. The monoisotopic (exact) mass is 222 g/mol. The third kappa shape index (κ3) is 2.82. The van der Waals surface area contributed by atoms with Crippen molar-refractivity contribution < 1.29 is 4.74 Å². The molecule has 0 radical (unpaired) electrons. The number of hydrogen-bond donors (Lipinski definition) is 2. The van der Waals surface area contributed by atoms with Crippen molar-refractivity contribution in [2.24, 2.45) is 0 Å². The van der Waals surface area contributed by atoms with E-state index in [1.54, 1.807) is 0 Å². The van der Waals surface area contributed by atoms with Crippen molar-refractivity contribution >= 4 is 11.6 Å². The summed E-state index contributed by atoms with van der Waals surface area (Å²) in [5.74, 6) is 1.96. The number of rotatable bonds is 6. The molecule has 0 amide bonds. The second-order valence-corrected chi connectivity index (χ2v) is 3.97. The van der Waals surface area contributed by atoms with Crippen LogP contribution >= 0.6 is 0 Å². The molecule has 88 valence electrons. The average molecular weight is 222 g/mol.